The minimum absolute atomic E-state index is 0.00253. The SMILES string of the molecule is CNC(=O)NC1CCOc2c1ccc(F)c2C(=O)Nc1ccc(F)c(F)c1. The lowest BCUT2D eigenvalue weighted by Crippen LogP contribution is -2.38. The van der Waals surface area contributed by atoms with Crippen molar-refractivity contribution in [1.82, 2.24) is 10.6 Å². The summed E-state index contributed by atoms with van der Waals surface area (Å²) < 4.78 is 46.2. The van der Waals surface area contributed by atoms with Gasteiger partial charge in [-0.05, 0) is 18.2 Å². The fourth-order valence-corrected chi connectivity index (χ4v) is 2.80. The Morgan fingerprint density at radius 3 is 2.52 bits per heavy atom. The third-order valence-electron chi connectivity index (χ3n) is 4.10. The lowest BCUT2D eigenvalue weighted by atomic mass is 9.96. The second-order valence-electron chi connectivity index (χ2n) is 5.84. The van der Waals surface area contributed by atoms with Crippen molar-refractivity contribution >= 4 is 17.6 Å². The van der Waals surface area contributed by atoms with Crippen LogP contribution in [0, 0.1) is 17.5 Å². The number of anilines is 1. The molecule has 6 nitrogen and oxygen atoms in total. The quantitative estimate of drug-likeness (QED) is 0.767. The van der Waals surface area contributed by atoms with Crippen molar-refractivity contribution < 1.29 is 27.5 Å². The number of rotatable bonds is 3. The van der Waals surface area contributed by atoms with E-state index in [1.165, 1.54) is 13.1 Å². The van der Waals surface area contributed by atoms with Crippen LogP contribution in [0.3, 0.4) is 0 Å². The van der Waals surface area contributed by atoms with Crippen LogP contribution in [0.25, 0.3) is 0 Å². The van der Waals surface area contributed by atoms with Crippen molar-refractivity contribution in [3.8, 4) is 5.75 Å². The molecule has 1 heterocycles. The Morgan fingerprint density at radius 1 is 1.07 bits per heavy atom. The smallest absolute Gasteiger partial charge is 0.315 e. The van der Waals surface area contributed by atoms with E-state index in [9.17, 15) is 22.8 Å². The molecule has 3 rings (SSSR count). The van der Waals surface area contributed by atoms with Crippen LogP contribution >= 0.6 is 0 Å². The third kappa shape index (κ3) is 3.81. The van der Waals surface area contributed by atoms with E-state index in [1.807, 2.05) is 0 Å². The molecule has 0 spiro atoms. The van der Waals surface area contributed by atoms with E-state index < -0.39 is 35.4 Å². The van der Waals surface area contributed by atoms with Gasteiger partial charge in [-0.25, -0.2) is 18.0 Å². The molecule has 3 N–H and O–H groups in total. The number of hydrogen-bond acceptors (Lipinski definition) is 3. The van der Waals surface area contributed by atoms with E-state index in [0.717, 1.165) is 24.3 Å². The Balaban J connectivity index is 1.93. The molecule has 9 heteroatoms. The zero-order valence-corrected chi connectivity index (χ0v) is 14.2. The monoisotopic (exact) mass is 379 g/mol. The Morgan fingerprint density at radius 2 is 1.81 bits per heavy atom. The standard InChI is InChI=1S/C18H16F3N3O3/c1-22-18(26)24-14-6-7-27-16-10(14)3-5-12(20)15(16)17(25)23-9-2-4-11(19)13(21)8-9/h2-5,8,14H,6-7H2,1H3,(H,23,25)(H2,22,24,26). The summed E-state index contributed by atoms with van der Waals surface area (Å²) in [6, 6.07) is 4.42. The molecule has 0 radical (unpaired) electrons. The van der Waals surface area contributed by atoms with Crippen molar-refractivity contribution in [3.63, 3.8) is 0 Å². The van der Waals surface area contributed by atoms with Crippen molar-refractivity contribution in [2.24, 2.45) is 0 Å². The molecule has 1 aliphatic heterocycles. The first-order chi connectivity index (χ1) is 12.9. The summed E-state index contributed by atoms with van der Waals surface area (Å²) in [5, 5.41) is 7.44. The van der Waals surface area contributed by atoms with Crippen LogP contribution < -0.4 is 20.7 Å². The second kappa shape index (κ2) is 7.56. The highest BCUT2D eigenvalue weighted by Crippen LogP contribution is 2.36. The molecule has 2 aromatic rings. The van der Waals surface area contributed by atoms with Gasteiger partial charge in [-0.1, -0.05) is 6.07 Å². The molecular weight excluding hydrogens is 363 g/mol. The summed E-state index contributed by atoms with van der Waals surface area (Å²) in [6.07, 6.45) is 0.441. The number of fused-ring (bicyclic) bond motifs is 1. The van der Waals surface area contributed by atoms with E-state index in [1.54, 1.807) is 0 Å². The molecule has 0 aliphatic carbocycles. The fourth-order valence-electron chi connectivity index (χ4n) is 2.80. The van der Waals surface area contributed by atoms with Crippen molar-refractivity contribution in [2.45, 2.75) is 12.5 Å². The molecule has 0 saturated carbocycles. The van der Waals surface area contributed by atoms with Gasteiger partial charge in [0.25, 0.3) is 5.91 Å². The van der Waals surface area contributed by atoms with Gasteiger partial charge < -0.3 is 20.7 Å². The maximum Gasteiger partial charge on any atom is 0.315 e. The van der Waals surface area contributed by atoms with Gasteiger partial charge in [0.1, 0.15) is 17.1 Å². The third-order valence-corrected chi connectivity index (χ3v) is 4.10. The summed E-state index contributed by atoms with van der Waals surface area (Å²) in [5.74, 6) is -3.93. The van der Waals surface area contributed by atoms with Crippen LogP contribution in [0.5, 0.6) is 5.75 Å². The number of amides is 3. The molecule has 142 valence electrons. The van der Waals surface area contributed by atoms with Crippen LogP contribution in [0.2, 0.25) is 0 Å². The van der Waals surface area contributed by atoms with Gasteiger partial charge in [0.2, 0.25) is 0 Å². The molecule has 27 heavy (non-hydrogen) atoms. The van der Waals surface area contributed by atoms with Crippen molar-refractivity contribution in [3.05, 3.63) is 58.9 Å². The molecule has 0 aromatic heterocycles. The largest absolute Gasteiger partial charge is 0.492 e. The number of nitrogens with one attached hydrogen (secondary N) is 3. The summed E-state index contributed by atoms with van der Waals surface area (Å²) in [4.78, 5) is 24.1. The van der Waals surface area contributed by atoms with E-state index in [0.29, 0.717) is 12.0 Å². The van der Waals surface area contributed by atoms with Crippen LogP contribution in [0.4, 0.5) is 23.7 Å². The van der Waals surface area contributed by atoms with Crippen LogP contribution in [0.1, 0.15) is 28.4 Å². The molecule has 3 amide bonds. The summed E-state index contributed by atoms with van der Waals surface area (Å²) in [6.45, 7) is 0.163. The van der Waals surface area contributed by atoms with Crippen LogP contribution in [0.15, 0.2) is 30.3 Å². The van der Waals surface area contributed by atoms with Gasteiger partial charge >= 0.3 is 6.03 Å². The van der Waals surface area contributed by atoms with E-state index in [4.69, 9.17) is 4.74 Å². The maximum absolute atomic E-state index is 14.4. The Hall–Kier alpha value is -3.23. The molecule has 0 saturated heterocycles. The van der Waals surface area contributed by atoms with Gasteiger partial charge in [0.05, 0.1) is 12.6 Å². The van der Waals surface area contributed by atoms with Crippen molar-refractivity contribution in [2.75, 3.05) is 19.0 Å². The fraction of sp³-hybridized carbons (Fsp3) is 0.222. The molecule has 0 fully saturated rings. The van der Waals surface area contributed by atoms with Gasteiger partial charge in [-0.15, -0.1) is 0 Å². The average Bonchev–Trinajstić information content (AvgIpc) is 2.64. The normalized spacial score (nSPS) is 15.3. The Kier molecular flexibility index (Phi) is 5.20. The molecule has 2 aromatic carbocycles. The minimum Gasteiger partial charge on any atom is -0.492 e. The molecule has 1 atom stereocenters. The zero-order chi connectivity index (χ0) is 19.6. The molecule has 0 bridgehead atoms. The van der Waals surface area contributed by atoms with E-state index >= 15 is 0 Å². The first-order valence-corrected chi connectivity index (χ1v) is 8.10. The number of carbonyl (C=O) groups excluding carboxylic acids is 2. The first-order valence-electron chi connectivity index (χ1n) is 8.10. The summed E-state index contributed by atoms with van der Waals surface area (Å²) in [5.41, 5.74) is 0.0362. The lowest BCUT2D eigenvalue weighted by Gasteiger charge is -2.28. The summed E-state index contributed by atoms with van der Waals surface area (Å²) >= 11 is 0. The van der Waals surface area contributed by atoms with Gasteiger partial charge in [0, 0.05) is 30.8 Å². The number of urea groups is 1. The zero-order valence-electron chi connectivity index (χ0n) is 14.2. The number of ether oxygens (including phenoxy) is 1. The van der Waals surface area contributed by atoms with E-state index in [-0.39, 0.29) is 23.6 Å². The lowest BCUT2D eigenvalue weighted by molar-refractivity contribution is 0.101. The predicted octanol–water partition coefficient (Wildman–Crippen LogP) is 3.11. The number of benzene rings is 2. The highest BCUT2D eigenvalue weighted by atomic mass is 19.2. The molecular formula is C18H16F3N3O3. The van der Waals surface area contributed by atoms with Crippen LogP contribution in [-0.4, -0.2) is 25.6 Å². The van der Waals surface area contributed by atoms with Gasteiger partial charge in [-0.3, -0.25) is 4.79 Å². The second-order valence-corrected chi connectivity index (χ2v) is 5.84. The topological polar surface area (TPSA) is 79.5 Å². The molecule has 1 aliphatic rings. The van der Waals surface area contributed by atoms with Crippen LogP contribution in [-0.2, 0) is 0 Å². The Bertz CT molecular complexity index is 905. The maximum atomic E-state index is 14.4. The van der Waals surface area contributed by atoms with Gasteiger partial charge in [-0.2, -0.15) is 0 Å². The van der Waals surface area contributed by atoms with E-state index in [2.05, 4.69) is 16.0 Å². The highest BCUT2D eigenvalue weighted by Gasteiger charge is 2.29. The Labute approximate surface area is 152 Å². The van der Waals surface area contributed by atoms with Gasteiger partial charge in [0.15, 0.2) is 11.6 Å². The number of hydrogen-bond donors (Lipinski definition) is 3. The van der Waals surface area contributed by atoms with Crippen molar-refractivity contribution in [1.29, 1.82) is 0 Å². The number of halogens is 3. The number of carbonyl (C=O) groups is 2. The minimum atomic E-state index is -1.14. The highest BCUT2D eigenvalue weighted by molar-refractivity contribution is 6.06. The summed E-state index contributed by atoms with van der Waals surface area (Å²) in [7, 11) is 1.46. The first kappa shape index (κ1) is 18.6. The molecule has 1 unspecified atom stereocenters. The predicted molar refractivity (Wildman–Crippen MR) is 91.2 cm³/mol. The average molecular weight is 379 g/mol.